The van der Waals surface area contributed by atoms with Crippen LogP contribution in [0.25, 0.3) is 10.8 Å². The number of benzene rings is 1. The zero-order valence-corrected chi connectivity index (χ0v) is 11.5. The molecule has 2 unspecified atom stereocenters. The lowest BCUT2D eigenvalue weighted by Crippen LogP contribution is -2.41. The smallest absolute Gasteiger partial charge is 0.381 e. The summed E-state index contributed by atoms with van der Waals surface area (Å²) < 4.78 is 39.5. The van der Waals surface area contributed by atoms with Gasteiger partial charge in [-0.2, -0.15) is 13.2 Å². The van der Waals surface area contributed by atoms with Gasteiger partial charge in [0.25, 0.3) is 0 Å². The van der Waals surface area contributed by atoms with Crippen LogP contribution < -0.4 is 5.32 Å². The summed E-state index contributed by atoms with van der Waals surface area (Å²) in [6.45, 7) is 0. The van der Waals surface area contributed by atoms with Crippen molar-refractivity contribution in [3.05, 3.63) is 36.7 Å². The van der Waals surface area contributed by atoms with Gasteiger partial charge in [-0.15, -0.1) is 0 Å². The number of nitrogens with zero attached hydrogens (tertiary/aromatic N) is 1. The Morgan fingerprint density at radius 3 is 2.71 bits per heavy atom. The summed E-state index contributed by atoms with van der Waals surface area (Å²) in [5.41, 5.74) is 0.738. The number of hydrogen-bond donors (Lipinski definition) is 1. The maximum absolute atomic E-state index is 13.2. The van der Waals surface area contributed by atoms with E-state index < -0.39 is 18.1 Å². The Hall–Kier alpha value is -1.78. The number of halogens is 3. The summed E-state index contributed by atoms with van der Waals surface area (Å²) in [5.74, 6) is -1.27. The van der Waals surface area contributed by atoms with E-state index in [-0.39, 0.29) is 6.42 Å². The molecule has 1 aliphatic rings. The molecule has 0 bridgehead atoms. The highest BCUT2D eigenvalue weighted by Crippen LogP contribution is 2.39. The average molecular weight is 294 g/mol. The number of fused-ring (bicyclic) bond motifs is 1. The molecule has 2 nitrogen and oxygen atoms in total. The van der Waals surface area contributed by atoms with Gasteiger partial charge in [-0.05, 0) is 30.4 Å². The molecule has 21 heavy (non-hydrogen) atoms. The zero-order chi connectivity index (χ0) is 14.9. The number of hydrogen-bond acceptors (Lipinski definition) is 2. The van der Waals surface area contributed by atoms with Gasteiger partial charge in [0.15, 0.2) is 0 Å². The highest BCUT2D eigenvalue weighted by atomic mass is 19.4. The lowest BCUT2D eigenvalue weighted by atomic mass is 9.83. The van der Waals surface area contributed by atoms with E-state index in [4.69, 9.17) is 0 Å². The minimum Gasteiger partial charge on any atom is -0.381 e. The molecule has 1 saturated carbocycles. The van der Waals surface area contributed by atoms with E-state index in [1.54, 1.807) is 12.4 Å². The van der Waals surface area contributed by atoms with Crippen LogP contribution in [0, 0.1) is 5.92 Å². The molecule has 1 aromatic heterocycles. The fourth-order valence-corrected chi connectivity index (χ4v) is 3.13. The van der Waals surface area contributed by atoms with Crippen LogP contribution in [-0.4, -0.2) is 17.2 Å². The van der Waals surface area contributed by atoms with Crippen LogP contribution in [0.1, 0.15) is 25.7 Å². The van der Waals surface area contributed by atoms with Crippen molar-refractivity contribution in [1.29, 1.82) is 0 Å². The van der Waals surface area contributed by atoms with Crippen molar-refractivity contribution in [3.63, 3.8) is 0 Å². The first-order chi connectivity index (χ1) is 10.1. The number of rotatable bonds is 2. The zero-order valence-electron chi connectivity index (χ0n) is 11.5. The Kier molecular flexibility index (Phi) is 3.74. The predicted octanol–water partition coefficient (Wildman–Crippen LogP) is 4.77. The number of alkyl halides is 3. The Labute approximate surface area is 121 Å². The molecule has 2 aromatic rings. The second-order valence-corrected chi connectivity index (χ2v) is 5.59. The standard InChI is InChI=1S/C16H17F3N2/c17-16(18,19)13-5-1-2-6-15(13)21-14-7-3-4-11-8-9-20-10-12(11)14/h3-4,7-10,13,15,21H,1-2,5-6H2. The normalized spacial score (nSPS) is 23.2. The van der Waals surface area contributed by atoms with Crippen LogP contribution in [-0.2, 0) is 0 Å². The van der Waals surface area contributed by atoms with Gasteiger partial charge in [0.2, 0.25) is 0 Å². The van der Waals surface area contributed by atoms with Crippen LogP contribution in [0.15, 0.2) is 36.7 Å². The number of nitrogens with one attached hydrogen (secondary N) is 1. The van der Waals surface area contributed by atoms with E-state index in [9.17, 15) is 13.2 Å². The molecule has 3 rings (SSSR count). The van der Waals surface area contributed by atoms with Crippen LogP contribution in [0.5, 0.6) is 0 Å². The molecule has 1 N–H and O–H groups in total. The van der Waals surface area contributed by atoms with Crippen molar-refractivity contribution in [2.24, 2.45) is 5.92 Å². The van der Waals surface area contributed by atoms with Gasteiger partial charge in [0, 0.05) is 29.5 Å². The molecule has 0 amide bonds. The average Bonchev–Trinajstić information content (AvgIpc) is 2.47. The summed E-state index contributed by atoms with van der Waals surface area (Å²) in [4.78, 5) is 4.07. The van der Waals surface area contributed by atoms with Crippen molar-refractivity contribution in [3.8, 4) is 0 Å². The largest absolute Gasteiger partial charge is 0.393 e. The maximum Gasteiger partial charge on any atom is 0.393 e. The SMILES string of the molecule is FC(F)(F)C1CCCCC1Nc1cccc2ccncc12. The molecule has 2 atom stereocenters. The fourth-order valence-electron chi connectivity index (χ4n) is 3.13. The summed E-state index contributed by atoms with van der Waals surface area (Å²) >= 11 is 0. The van der Waals surface area contributed by atoms with Crippen LogP contribution >= 0.6 is 0 Å². The summed E-state index contributed by atoms with van der Waals surface area (Å²) in [6, 6.07) is 6.93. The second-order valence-electron chi connectivity index (χ2n) is 5.59. The summed E-state index contributed by atoms with van der Waals surface area (Å²) in [7, 11) is 0. The molecule has 1 heterocycles. The van der Waals surface area contributed by atoms with Crippen LogP contribution in [0.4, 0.5) is 18.9 Å². The Balaban J connectivity index is 1.90. The Morgan fingerprint density at radius 2 is 1.90 bits per heavy atom. The van der Waals surface area contributed by atoms with E-state index in [0.717, 1.165) is 22.9 Å². The first-order valence-corrected chi connectivity index (χ1v) is 7.22. The van der Waals surface area contributed by atoms with Crippen molar-refractivity contribution in [2.45, 2.75) is 37.9 Å². The monoisotopic (exact) mass is 294 g/mol. The Bertz CT molecular complexity index is 619. The number of aromatic nitrogens is 1. The van der Waals surface area contributed by atoms with Gasteiger partial charge in [-0.25, -0.2) is 0 Å². The van der Waals surface area contributed by atoms with E-state index in [1.807, 2.05) is 24.3 Å². The molecule has 1 fully saturated rings. The topological polar surface area (TPSA) is 24.9 Å². The summed E-state index contributed by atoms with van der Waals surface area (Å²) in [6.07, 6.45) is 1.51. The van der Waals surface area contributed by atoms with E-state index >= 15 is 0 Å². The number of pyridine rings is 1. The quantitative estimate of drug-likeness (QED) is 0.863. The van der Waals surface area contributed by atoms with Crippen LogP contribution in [0.2, 0.25) is 0 Å². The molecular weight excluding hydrogens is 277 g/mol. The van der Waals surface area contributed by atoms with Gasteiger partial charge in [0.1, 0.15) is 0 Å². The third kappa shape index (κ3) is 2.96. The van der Waals surface area contributed by atoms with Gasteiger partial charge < -0.3 is 5.32 Å². The maximum atomic E-state index is 13.2. The molecular formula is C16H17F3N2. The highest BCUT2D eigenvalue weighted by Gasteiger charge is 2.45. The second kappa shape index (κ2) is 5.54. The van der Waals surface area contributed by atoms with Crippen LogP contribution in [0.3, 0.4) is 0 Å². The minimum absolute atomic E-state index is 0.212. The lowest BCUT2D eigenvalue weighted by molar-refractivity contribution is -0.184. The molecule has 0 aliphatic heterocycles. The molecule has 5 heteroatoms. The molecule has 112 valence electrons. The third-order valence-electron chi connectivity index (χ3n) is 4.21. The third-order valence-corrected chi connectivity index (χ3v) is 4.21. The summed E-state index contributed by atoms with van der Waals surface area (Å²) in [5, 5.41) is 4.97. The molecule has 0 saturated heterocycles. The van der Waals surface area contributed by atoms with Gasteiger partial charge in [-0.1, -0.05) is 25.0 Å². The molecule has 1 aromatic carbocycles. The van der Waals surface area contributed by atoms with E-state index in [1.165, 1.54) is 0 Å². The first-order valence-electron chi connectivity index (χ1n) is 7.22. The first kappa shape index (κ1) is 14.2. The van der Waals surface area contributed by atoms with Gasteiger partial charge >= 0.3 is 6.18 Å². The molecule has 0 spiro atoms. The minimum atomic E-state index is -4.14. The lowest BCUT2D eigenvalue weighted by Gasteiger charge is -2.34. The van der Waals surface area contributed by atoms with Gasteiger partial charge in [-0.3, -0.25) is 4.98 Å². The van der Waals surface area contributed by atoms with Crippen molar-refractivity contribution >= 4 is 16.5 Å². The predicted molar refractivity (Wildman–Crippen MR) is 77.2 cm³/mol. The van der Waals surface area contributed by atoms with Crippen molar-refractivity contribution < 1.29 is 13.2 Å². The highest BCUT2D eigenvalue weighted by molar-refractivity contribution is 5.93. The van der Waals surface area contributed by atoms with Gasteiger partial charge in [0.05, 0.1) is 5.92 Å². The van der Waals surface area contributed by atoms with Crippen molar-refractivity contribution in [1.82, 2.24) is 4.98 Å². The number of anilines is 1. The van der Waals surface area contributed by atoms with E-state index in [0.29, 0.717) is 12.8 Å². The molecule has 1 aliphatic carbocycles. The van der Waals surface area contributed by atoms with E-state index in [2.05, 4.69) is 10.3 Å². The van der Waals surface area contributed by atoms with Crippen molar-refractivity contribution in [2.75, 3.05) is 5.32 Å². The fraction of sp³-hybridized carbons (Fsp3) is 0.438. The molecule has 0 radical (unpaired) electrons. The Morgan fingerprint density at radius 1 is 1.10 bits per heavy atom.